The first-order chi connectivity index (χ1) is 7.25. The second-order valence-electron chi connectivity index (χ2n) is 3.41. The molecule has 0 spiro atoms. The molecule has 1 atom stereocenters. The van der Waals surface area contributed by atoms with Crippen molar-refractivity contribution in [2.24, 2.45) is 5.73 Å². The summed E-state index contributed by atoms with van der Waals surface area (Å²) in [5, 5.41) is 0.735. The van der Waals surface area contributed by atoms with Crippen LogP contribution in [0, 0.1) is 0 Å². The summed E-state index contributed by atoms with van der Waals surface area (Å²) in [7, 11) is 0. The number of nitrogens with zero attached hydrogens (tertiary/aromatic N) is 1. The molecule has 3 nitrogen and oxygen atoms in total. The SMILES string of the molecule is NC(Cc1cccc(Cl)c1)c1ncc[nH]1. The normalized spacial score (nSPS) is 12.7. The van der Waals surface area contributed by atoms with Gasteiger partial charge in [-0.25, -0.2) is 4.98 Å². The van der Waals surface area contributed by atoms with Crippen LogP contribution >= 0.6 is 11.6 Å². The topological polar surface area (TPSA) is 54.7 Å². The molecular weight excluding hydrogens is 210 g/mol. The lowest BCUT2D eigenvalue weighted by atomic mass is 10.1. The number of halogens is 1. The molecular formula is C11H12ClN3. The zero-order valence-electron chi connectivity index (χ0n) is 8.15. The zero-order chi connectivity index (χ0) is 10.7. The van der Waals surface area contributed by atoms with Gasteiger partial charge in [0.15, 0.2) is 0 Å². The maximum Gasteiger partial charge on any atom is 0.123 e. The summed E-state index contributed by atoms with van der Waals surface area (Å²) in [6.45, 7) is 0. The molecule has 0 radical (unpaired) electrons. The molecule has 0 fully saturated rings. The minimum atomic E-state index is -0.113. The fourth-order valence-electron chi connectivity index (χ4n) is 1.49. The van der Waals surface area contributed by atoms with Gasteiger partial charge in [0.1, 0.15) is 5.82 Å². The molecule has 0 bridgehead atoms. The molecule has 0 saturated carbocycles. The molecule has 0 aliphatic carbocycles. The van der Waals surface area contributed by atoms with E-state index in [0.29, 0.717) is 0 Å². The molecule has 0 amide bonds. The number of hydrogen-bond acceptors (Lipinski definition) is 2. The molecule has 2 rings (SSSR count). The van der Waals surface area contributed by atoms with Crippen LogP contribution in [-0.4, -0.2) is 9.97 Å². The molecule has 1 aromatic heterocycles. The first-order valence-electron chi connectivity index (χ1n) is 4.75. The first kappa shape index (κ1) is 10.2. The second kappa shape index (κ2) is 4.47. The van der Waals surface area contributed by atoms with E-state index in [-0.39, 0.29) is 6.04 Å². The van der Waals surface area contributed by atoms with E-state index in [2.05, 4.69) is 9.97 Å². The third-order valence-corrected chi connectivity index (χ3v) is 2.45. The van der Waals surface area contributed by atoms with Crippen molar-refractivity contribution >= 4 is 11.6 Å². The van der Waals surface area contributed by atoms with E-state index in [9.17, 15) is 0 Å². The highest BCUT2D eigenvalue weighted by atomic mass is 35.5. The van der Waals surface area contributed by atoms with Crippen molar-refractivity contribution in [1.82, 2.24) is 9.97 Å². The van der Waals surface area contributed by atoms with Gasteiger partial charge in [-0.05, 0) is 24.1 Å². The van der Waals surface area contributed by atoms with Gasteiger partial charge in [0, 0.05) is 17.4 Å². The molecule has 0 aliphatic rings. The van der Waals surface area contributed by atoms with Gasteiger partial charge in [0.05, 0.1) is 6.04 Å². The number of nitrogens with one attached hydrogen (secondary N) is 1. The summed E-state index contributed by atoms with van der Waals surface area (Å²) in [5.74, 6) is 0.801. The lowest BCUT2D eigenvalue weighted by Crippen LogP contribution is -2.14. The Kier molecular flexibility index (Phi) is 3.04. The summed E-state index contributed by atoms with van der Waals surface area (Å²) < 4.78 is 0. The Hall–Kier alpha value is -1.32. The van der Waals surface area contributed by atoms with E-state index in [1.54, 1.807) is 12.4 Å². The lowest BCUT2D eigenvalue weighted by molar-refractivity contribution is 0.678. The summed E-state index contributed by atoms with van der Waals surface area (Å²) >= 11 is 5.89. The Morgan fingerprint density at radius 1 is 1.47 bits per heavy atom. The minimum Gasteiger partial charge on any atom is -0.347 e. The van der Waals surface area contributed by atoms with E-state index in [1.165, 1.54) is 0 Å². The number of hydrogen-bond donors (Lipinski definition) is 2. The largest absolute Gasteiger partial charge is 0.347 e. The number of aromatic nitrogens is 2. The van der Waals surface area contributed by atoms with E-state index >= 15 is 0 Å². The van der Waals surface area contributed by atoms with E-state index < -0.39 is 0 Å². The van der Waals surface area contributed by atoms with Crippen LogP contribution < -0.4 is 5.73 Å². The molecule has 15 heavy (non-hydrogen) atoms. The Morgan fingerprint density at radius 2 is 2.33 bits per heavy atom. The van der Waals surface area contributed by atoms with Crippen LogP contribution in [0.2, 0.25) is 5.02 Å². The maximum absolute atomic E-state index is 5.98. The number of H-pyrrole nitrogens is 1. The van der Waals surface area contributed by atoms with Gasteiger partial charge >= 0.3 is 0 Å². The molecule has 1 aromatic carbocycles. The van der Waals surface area contributed by atoms with Crippen LogP contribution in [0.1, 0.15) is 17.4 Å². The second-order valence-corrected chi connectivity index (χ2v) is 3.85. The third-order valence-electron chi connectivity index (χ3n) is 2.22. The number of imidazole rings is 1. The van der Waals surface area contributed by atoms with Crippen molar-refractivity contribution < 1.29 is 0 Å². The number of benzene rings is 1. The number of aromatic amines is 1. The van der Waals surface area contributed by atoms with Gasteiger partial charge in [0.2, 0.25) is 0 Å². The highest BCUT2D eigenvalue weighted by molar-refractivity contribution is 6.30. The Bertz CT molecular complexity index is 425. The lowest BCUT2D eigenvalue weighted by Gasteiger charge is -2.08. The molecule has 1 unspecified atom stereocenters. The standard InChI is InChI=1S/C11H12ClN3/c12-9-3-1-2-8(6-9)7-10(13)11-14-4-5-15-11/h1-6,10H,7,13H2,(H,14,15). The molecule has 2 aromatic rings. The van der Waals surface area contributed by atoms with Gasteiger partial charge in [-0.1, -0.05) is 23.7 Å². The van der Waals surface area contributed by atoms with Crippen LogP contribution in [0.4, 0.5) is 0 Å². The Labute approximate surface area is 93.3 Å². The van der Waals surface area contributed by atoms with Crippen molar-refractivity contribution in [2.45, 2.75) is 12.5 Å². The van der Waals surface area contributed by atoms with Gasteiger partial charge in [-0.15, -0.1) is 0 Å². The van der Waals surface area contributed by atoms with Crippen LogP contribution in [0.5, 0.6) is 0 Å². The fourth-order valence-corrected chi connectivity index (χ4v) is 1.71. The predicted molar refractivity (Wildman–Crippen MR) is 60.7 cm³/mol. The monoisotopic (exact) mass is 221 g/mol. The molecule has 0 aliphatic heterocycles. The van der Waals surface area contributed by atoms with Crippen molar-refractivity contribution in [3.63, 3.8) is 0 Å². The average Bonchev–Trinajstić information content (AvgIpc) is 2.70. The van der Waals surface area contributed by atoms with Gasteiger partial charge in [0.25, 0.3) is 0 Å². The van der Waals surface area contributed by atoms with Crippen molar-refractivity contribution in [2.75, 3.05) is 0 Å². The van der Waals surface area contributed by atoms with Crippen molar-refractivity contribution in [3.05, 3.63) is 53.1 Å². The Balaban J connectivity index is 2.09. The predicted octanol–water partition coefficient (Wildman–Crippen LogP) is 2.31. The van der Waals surface area contributed by atoms with Crippen LogP contribution in [0.15, 0.2) is 36.7 Å². The fraction of sp³-hybridized carbons (Fsp3) is 0.182. The van der Waals surface area contributed by atoms with Crippen molar-refractivity contribution in [1.29, 1.82) is 0 Å². The smallest absolute Gasteiger partial charge is 0.123 e. The molecule has 3 N–H and O–H groups in total. The van der Waals surface area contributed by atoms with Gasteiger partial charge in [-0.3, -0.25) is 0 Å². The highest BCUT2D eigenvalue weighted by Crippen LogP contribution is 2.16. The molecule has 78 valence electrons. The van der Waals surface area contributed by atoms with Crippen LogP contribution in [-0.2, 0) is 6.42 Å². The van der Waals surface area contributed by atoms with Crippen molar-refractivity contribution in [3.8, 4) is 0 Å². The van der Waals surface area contributed by atoms with Crippen LogP contribution in [0.3, 0.4) is 0 Å². The maximum atomic E-state index is 5.98. The minimum absolute atomic E-state index is 0.113. The average molecular weight is 222 g/mol. The Morgan fingerprint density at radius 3 is 3.00 bits per heavy atom. The van der Waals surface area contributed by atoms with Gasteiger partial charge < -0.3 is 10.7 Å². The highest BCUT2D eigenvalue weighted by Gasteiger charge is 2.08. The first-order valence-corrected chi connectivity index (χ1v) is 5.13. The quantitative estimate of drug-likeness (QED) is 0.836. The number of rotatable bonds is 3. The van der Waals surface area contributed by atoms with E-state index in [0.717, 1.165) is 22.8 Å². The summed E-state index contributed by atoms with van der Waals surface area (Å²) in [6.07, 6.45) is 4.20. The molecule has 1 heterocycles. The number of nitrogens with two attached hydrogens (primary N) is 1. The molecule has 4 heteroatoms. The van der Waals surface area contributed by atoms with E-state index in [4.69, 9.17) is 17.3 Å². The van der Waals surface area contributed by atoms with Gasteiger partial charge in [-0.2, -0.15) is 0 Å². The summed E-state index contributed by atoms with van der Waals surface area (Å²) in [6, 6.07) is 7.59. The van der Waals surface area contributed by atoms with Crippen LogP contribution in [0.25, 0.3) is 0 Å². The summed E-state index contributed by atoms with van der Waals surface area (Å²) in [5.41, 5.74) is 7.10. The third kappa shape index (κ3) is 2.58. The van der Waals surface area contributed by atoms with E-state index in [1.807, 2.05) is 24.3 Å². The molecule has 0 saturated heterocycles. The summed E-state index contributed by atoms with van der Waals surface area (Å²) in [4.78, 5) is 7.12. The zero-order valence-corrected chi connectivity index (χ0v) is 8.91.